The summed E-state index contributed by atoms with van der Waals surface area (Å²) in [6.07, 6.45) is 2.19. The molecule has 0 radical (unpaired) electrons. The molecule has 16 heavy (non-hydrogen) atoms. The van der Waals surface area contributed by atoms with Crippen molar-refractivity contribution in [2.75, 3.05) is 13.2 Å². The van der Waals surface area contributed by atoms with E-state index in [-0.39, 0.29) is 18.0 Å². The summed E-state index contributed by atoms with van der Waals surface area (Å²) < 4.78 is 10.7. The Morgan fingerprint density at radius 3 is 2.94 bits per heavy atom. The second-order valence-corrected chi connectivity index (χ2v) is 4.88. The fraction of sp³-hybridized carbons (Fsp3) is 0.636. The summed E-state index contributed by atoms with van der Waals surface area (Å²) >= 11 is 1.37. The van der Waals surface area contributed by atoms with Gasteiger partial charge >= 0.3 is 0 Å². The van der Waals surface area contributed by atoms with Gasteiger partial charge in [0.2, 0.25) is 0 Å². The molecule has 5 heteroatoms. The Bertz CT molecular complexity index is 371. The van der Waals surface area contributed by atoms with Gasteiger partial charge in [0.25, 0.3) is 0 Å². The Morgan fingerprint density at radius 1 is 1.62 bits per heavy atom. The van der Waals surface area contributed by atoms with Crippen molar-refractivity contribution in [2.24, 2.45) is 5.92 Å². The zero-order valence-electron chi connectivity index (χ0n) is 9.43. The van der Waals surface area contributed by atoms with Gasteiger partial charge in [0, 0.05) is 12.1 Å². The summed E-state index contributed by atoms with van der Waals surface area (Å²) in [6, 6.07) is 0. The minimum absolute atomic E-state index is 0.0319. The summed E-state index contributed by atoms with van der Waals surface area (Å²) in [5, 5.41) is 0.559. The van der Waals surface area contributed by atoms with Gasteiger partial charge in [-0.2, -0.15) is 0 Å². The molecule has 88 valence electrons. The van der Waals surface area contributed by atoms with E-state index in [1.165, 1.54) is 11.3 Å². The van der Waals surface area contributed by atoms with E-state index in [1.54, 1.807) is 6.20 Å². The predicted molar refractivity (Wildman–Crippen MR) is 60.5 cm³/mol. The highest BCUT2D eigenvalue weighted by atomic mass is 32.1. The van der Waals surface area contributed by atoms with Gasteiger partial charge in [-0.1, -0.05) is 13.8 Å². The summed E-state index contributed by atoms with van der Waals surface area (Å²) in [4.78, 5) is 16.9. The normalized spacial score (nSPS) is 18.9. The van der Waals surface area contributed by atoms with E-state index < -0.39 is 0 Å². The van der Waals surface area contributed by atoms with E-state index in [2.05, 4.69) is 4.98 Å². The Hall–Kier alpha value is -0.780. The van der Waals surface area contributed by atoms with Crippen molar-refractivity contribution in [2.45, 2.75) is 26.6 Å². The van der Waals surface area contributed by atoms with Gasteiger partial charge in [0.05, 0.1) is 18.1 Å². The van der Waals surface area contributed by atoms with Crippen molar-refractivity contribution in [1.29, 1.82) is 0 Å². The number of ketones is 1. The maximum atomic E-state index is 11.9. The third kappa shape index (κ3) is 2.31. The van der Waals surface area contributed by atoms with Crippen molar-refractivity contribution in [3.8, 4) is 0 Å². The van der Waals surface area contributed by atoms with Gasteiger partial charge in [-0.3, -0.25) is 4.79 Å². The first-order valence-electron chi connectivity index (χ1n) is 5.45. The predicted octanol–water partition coefficient (Wildman–Crippen LogP) is 2.42. The van der Waals surface area contributed by atoms with Gasteiger partial charge < -0.3 is 9.47 Å². The zero-order chi connectivity index (χ0) is 11.5. The highest BCUT2D eigenvalue weighted by Crippen LogP contribution is 2.29. The molecule has 0 spiro atoms. The smallest absolute Gasteiger partial charge is 0.194 e. The van der Waals surface area contributed by atoms with Crippen LogP contribution in [-0.2, 0) is 9.47 Å². The fourth-order valence-electron chi connectivity index (χ4n) is 1.43. The number of hydrogen-bond donors (Lipinski definition) is 0. The first kappa shape index (κ1) is 11.7. The van der Waals surface area contributed by atoms with Crippen LogP contribution in [0.5, 0.6) is 0 Å². The molecule has 1 atom stereocenters. The first-order chi connectivity index (χ1) is 7.72. The number of nitrogens with zero attached hydrogens (tertiary/aromatic N) is 1. The number of thiazole rings is 1. The molecular formula is C11H15NO3S. The van der Waals surface area contributed by atoms with Crippen molar-refractivity contribution in [1.82, 2.24) is 4.98 Å². The Labute approximate surface area is 98.6 Å². The number of ether oxygens (including phenoxy) is 2. The van der Waals surface area contributed by atoms with Crippen molar-refractivity contribution >= 4 is 17.1 Å². The molecule has 4 nitrogen and oxygen atoms in total. The van der Waals surface area contributed by atoms with Gasteiger partial charge in [-0.05, 0) is 6.42 Å². The first-order valence-corrected chi connectivity index (χ1v) is 6.27. The SMILES string of the molecule is CCC(C)C(=O)c1ncc(C2OCCO2)s1. The average Bonchev–Trinajstić information content (AvgIpc) is 2.96. The number of rotatable bonds is 4. The molecule has 1 saturated heterocycles. The number of Topliss-reactive ketones (excluding diaryl/α,β-unsaturated/α-hetero) is 1. The zero-order valence-corrected chi connectivity index (χ0v) is 10.3. The molecule has 0 amide bonds. The second-order valence-electron chi connectivity index (χ2n) is 3.81. The van der Waals surface area contributed by atoms with E-state index >= 15 is 0 Å². The van der Waals surface area contributed by atoms with Crippen LogP contribution in [0.25, 0.3) is 0 Å². The van der Waals surface area contributed by atoms with Crippen LogP contribution < -0.4 is 0 Å². The Balaban J connectivity index is 2.09. The molecule has 1 aliphatic heterocycles. The summed E-state index contributed by atoms with van der Waals surface area (Å²) in [5.74, 6) is 0.140. The lowest BCUT2D eigenvalue weighted by Gasteiger charge is -2.04. The Morgan fingerprint density at radius 2 is 2.31 bits per heavy atom. The van der Waals surface area contributed by atoms with E-state index in [1.807, 2.05) is 13.8 Å². The van der Waals surface area contributed by atoms with Gasteiger partial charge in [-0.15, -0.1) is 11.3 Å². The van der Waals surface area contributed by atoms with Crippen molar-refractivity contribution < 1.29 is 14.3 Å². The third-order valence-electron chi connectivity index (χ3n) is 2.65. The van der Waals surface area contributed by atoms with Gasteiger partial charge in [-0.25, -0.2) is 4.98 Å². The average molecular weight is 241 g/mol. The summed E-state index contributed by atoms with van der Waals surface area (Å²) in [6.45, 7) is 5.14. The van der Waals surface area contributed by atoms with E-state index in [0.29, 0.717) is 18.2 Å². The molecule has 2 heterocycles. The lowest BCUT2D eigenvalue weighted by atomic mass is 10.0. The van der Waals surface area contributed by atoms with E-state index in [0.717, 1.165) is 11.3 Å². The lowest BCUT2D eigenvalue weighted by Crippen LogP contribution is -2.09. The molecule has 2 rings (SSSR count). The van der Waals surface area contributed by atoms with Crippen LogP contribution in [0.2, 0.25) is 0 Å². The fourth-order valence-corrected chi connectivity index (χ4v) is 2.40. The summed E-state index contributed by atoms with van der Waals surface area (Å²) in [5.41, 5.74) is 0. The molecule has 1 unspecified atom stereocenters. The molecule has 0 bridgehead atoms. The minimum atomic E-state index is -0.323. The number of aromatic nitrogens is 1. The van der Waals surface area contributed by atoms with Gasteiger partial charge in [0.15, 0.2) is 17.1 Å². The molecule has 1 aromatic heterocycles. The minimum Gasteiger partial charge on any atom is -0.345 e. The second kappa shape index (κ2) is 5.03. The molecule has 1 aromatic rings. The largest absolute Gasteiger partial charge is 0.345 e. The monoisotopic (exact) mass is 241 g/mol. The van der Waals surface area contributed by atoms with Crippen molar-refractivity contribution in [3.63, 3.8) is 0 Å². The lowest BCUT2D eigenvalue weighted by molar-refractivity contribution is -0.0414. The Kier molecular flexibility index (Phi) is 3.68. The molecule has 1 aliphatic rings. The quantitative estimate of drug-likeness (QED) is 0.759. The van der Waals surface area contributed by atoms with Crippen LogP contribution >= 0.6 is 11.3 Å². The standard InChI is InChI=1S/C11H15NO3S/c1-3-7(2)9(13)10-12-6-8(16-10)11-14-4-5-15-11/h6-7,11H,3-5H2,1-2H3. The molecule has 0 saturated carbocycles. The summed E-state index contributed by atoms with van der Waals surface area (Å²) in [7, 11) is 0. The molecular weight excluding hydrogens is 226 g/mol. The maximum Gasteiger partial charge on any atom is 0.194 e. The van der Waals surface area contributed by atoms with E-state index in [4.69, 9.17) is 9.47 Å². The number of hydrogen-bond acceptors (Lipinski definition) is 5. The van der Waals surface area contributed by atoms with Crippen molar-refractivity contribution in [3.05, 3.63) is 16.1 Å². The highest BCUT2D eigenvalue weighted by Gasteiger charge is 2.23. The third-order valence-corrected chi connectivity index (χ3v) is 3.68. The van der Waals surface area contributed by atoms with Gasteiger partial charge in [0.1, 0.15) is 0 Å². The van der Waals surface area contributed by atoms with Crippen LogP contribution in [0.15, 0.2) is 6.20 Å². The number of carbonyl (C=O) groups excluding carboxylic acids is 1. The van der Waals surface area contributed by atoms with Crippen LogP contribution in [0.3, 0.4) is 0 Å². The molecule has 0 N–H and O–H groups in total. The highest BCUT2D eigenvalue weighted by molar-refractivity contribution is 7.13. The molecule has 1 fully saturated rings. The van der Waals surface area contributed by atoms with Crippen LogP contribution in [-0.4, -0.2) is 24.0 Å². The van der Waals surface area contributed by atoms with Crippen LogP contribution in [0.4, 0.5) is 0 Å². The van der Waals surface area contributed by atoms with Crippen LogP contribution in [0.1, 0.15) is 41.2 Å². The van der Waals surface area contributed by atoms with Crippen LogP contribution in [0, 0.1) is 5.92 Å². The maximum absolute atomic E-state index is 11.9. The molecule has 0 aromatic carbocycles. The number of carbonyl (C=O) groups is 1. The van der Waals surface area contributed by atoms with E-state index in [9.17, 15) is 4.79 Å². The molecule has 0 aliphatic carbocycles. The topological polar surface area (TPSA) is 48.4 Å².